The summed E-state index contributed by atoms with van der Waals surface area (Å²) in [5.74, 6) is -2.15. The van der Waals surface area contributed by atoms with E-state index in [-0.39, 0.29) is 24.9 Å². The van der Waals surface area contributed by atoms with E-state index in [0.29, 0.717) is 38.5 Å². The zero-order chi connectivity index (χ0) is 47.7. The zero-order valence-electron chi connectivity index (χ0n) is 38.1. The molecule has 0 heterocycles. The number of nitrogens with one attached hydrogen (secondary N) is 2. The second-order valence-corrected chi connectivity index (χ2v) is 17.7. The van der Waals surface area contributed by atoms with Crippen molar-refractivity contribution in [3.63, 3.8) is 0 Å². The highest BCUT2D eigenvalue weighted by Gasteiger charge is 2.26. The second-order valence-electron chi connectivity index (χ2n) is 17.7. The largest absolute Gasteiger partial charge is 0.481 e. The average molecular weight is 887 g/mol. The molecule has 64 heavy (non-hydrogen) atoms. The van der Waals surface area contributed by atoms with Crippen molar-refractivity contribution < 1.29 is 49.1 Å². The lowest BCUT2D eigenvalue weighted by molar-refractivity contribution is -0.143. The number of aliphatic hydroxyl groups excluding tert-OH is 2. The van der Waals surface area contributed by atoms with Crippen LogP contribution in [0.25, 0.3) is 0 Å². The van der Waals surface area contributed by atoms with E-state index in [1.807, 2.05) is 163 Å². The molecular formula is C50H70N4O10. The maximum absolute atomic E-state index is 12.3. The minimum atomic E-state index is -1.08. The zero-order valence-corrected chi connectivity index (χ0v) is 38.1. The molecule has 6 atom stereocenters. The Morgan fingerprint density at radius 2 is 0.734 bits per heavy atom. The normalized spacial score (nSPS) is 14.0. The number of nitrogens with two attached hydrogens (primary N) is 2. The molecule has 4 aromatic rings. The molecule has 350 valence electrons. The number of aliphatic carboxylic acids is 2. The van der Waals surface area contributed by atoms with Gasteiger partial charge in [-0.05, 0) is 102 Å². The topological polar surface area (TPSA) is 244 Å². The molecule has 14 nitrogen and oxygen atoms in total. The van der Waals surface area contributed by atoms with Crippen molar-refractivity contribution in [3.05, 3.63) is 144 Å². The third kappa shape index (κ3) is 26.0. The Morgan fingerprint density at radius 1 is 0.484 bits per heavy atom. The van der Waals surface area contributed by atoms with Gasteiger partial charge in [-0.3, -0.25) is 9.59 Å². The highest BCUT2D eigenvalue weighted by Crippen LogP contribution is 2.16. The van der Waals surface area contributed by atoms with Gasteiger partial charge in [0.2, 0.25) is 0 Å². The lowest BCUT2D eigenvalue weighted by Crippen LogP contribution is -2.46. The fraction of sp³-hybridized carbons (Fsp3) is 0.440. The van der Waals surface area contributed by atoms with Gasteiger partial charge in [-0.1, -0.05) is 121 Å². The highest BCUT2D eigenvalue weighted by molar-refractivity contribution is 5.75. The molecule has 0 aromatic heterocycles. The number of carboxylic acids is 2. The first-order valence-corrected chi connectivity index (χ1v) is 21.5. The Balaban J connectivity index is 0.000000376. The Hall–Kier alpha value is -5.80. The third-order valence-electron chi connectivity index (χ3n) is 9.31. The first-order chi connectivity index (χ1) is 30.1. The molecule has 0 radical (unpaired) electrons. The van der Waals surface area contributed by atoms with Crippen LogP contribution < -0.4 is 22.1 Å². The lowest BCUT2D eigenvalue weighted by atomic mass is 9.94. The molecule has 0 saturated carbocycles. The summed E-state index contributed by atoms with van der Waals surface area (Å²) in [4.78, 5) is 43.8. The van der Waals surface area contributed by atoms with E-state index in [0.717, 1.165) is 22.3 Å². The predicted molar refractivity (Wildman–Crippen MR) is 249 cm³/mol. The molecule has 0 fully saturated rings. The molecule has 0 spiro atoms. The SMILES string of the molecule is CC(C)(C)OC(=O)N[C@@H](Cc1ccccc1)CC(O)[C@@H](N)Cc1ccccc1.CC(C)(C)OC(=O)N[C@@H](Cc1ccccc1)C[C@H](O)[C@@H](N)Cc1ccccc1.O=C(O)CCC(=O)O. The summed E-state index contributed by atoms with van der Waals surface area (Å²) in [6.45, 7) is 10.9. The molecule has 0 saturated heterocycles. The Labute approximate surface area is 378 Å². The quantitative estimate of drug-likeness (QED) is 0.0484. The summed E-state index contributed by atoms with van der Waals surface area (Å²) in [5, 5.41) is 42.9. The van der Waals surface area contributed by atoms with E-state index in [1.165, 1.54) is 0 Å². The van der Waals surface area contributed by atoms with E-state index >= 15 is 0 Å². The van der Waals surface area contributed by atoms with Crippen molar-refractivity contribution in [2.75, 3.05) is 0 Å². The van der Waals surface area contributed by atoms with Crippen LogP contribution in [0.2, 0.25) is 0 Å². The number of benzene rings is 4. The third-order valence-corrected chi connectivity index (χ3v) is 9.31. The number of amides is 2. The van der Waals surface area contributed by atoms with Crippen LogP contribution in [0.1, 0.15) is 89.5 Å². The number of aliphatic hydroxyl groups is 2. The van der Waals surface area contributed by atoms with Crippen LogP contribution in [0.4, 0.5) is 9.59 Å². The van der Waals surface area contributed by atoms with E-state index in [2.05, 4.69) is 10.6 Å². The van der Waals surface area contributed by atoms with Gasteiger partial charge in [-0.25, -0.2) is 9.59 Å². The predicted octanol–water partition coefficient (Wildman–Crippen LogP) is 6.82. The van der Waals surface area contributed by atoms with Crippen LogP contribution in [0.5, 0.6) is 0 Å². The summed E-state index contributed by atoms with van der Waals surface area (Å²) in [6.07, 6.45) is -0.0274. The molecule has 2 amide bonds. The molecule has 4 rings (SSSR count). The fourth-order valence-corrected chi connectivity index (χ4v) is 6.32. The van der Waals surface area contributed by atoms with Gasteiger partial charge >= 0.3 is 24.1 Å². The van der Waals surface area contributed by atoms with Gasteiger partial charge < -0.3 is 52.0 Å². The van der Waals surface area contributed by atoms with Crippen LogP contribution in [0.15, 0.2) is 121 Å². The van der Waals surface area contributed by atoms with Gasteiger partial charge in [0.1, 0.15) is 11.2 Å². The summed E-state index contributed by atoms with van der Waals surface area (Å²) >= 11 is 0. The van der Waals surface area contributed by atoms with Crippen LogP contribution >= 0.6 is 0 Å². The molecule has 10 N–H and O–H groups in total. The number of carbonyl (C=O) groups excluding carboxylic acids is 2. The molecule has 0 aliphatic carbocycles. The molecule has 0 bridgehead atoms. The first kappa shape index (κ1) is 54.3. The van der Waals surface area contributed by atoms with E-state index < -0.39 is 59.6 Å². The van der Waals surface area contributed by atoms with Gasteiger partial charge in [0.15, 0.2) is 0 Å². The van der Waals surface area contributed by atoms with E-state index in [1.54, 1.807) is 0 Å². The molecule has 14 heteroatoms. The maximum Gasteiger partial charge on any atom is 0.407 e. The van der Waals surface area contributed by atoms with Crippen molar-refractivity contribution in [1.82, 2.24) is 10.6 Å². The average Bonchev–Trinajstić information content (AvgIpc) is 3.20. The van der Waals surface area contributed by atoms with Crippen molar-refractivity contribution >= 4 is 24.1 Å². The monoisotopic (exact) mass is 887 g/mol. The summed E-state index contributed by atoms with van der Waals surface area (Å²) in [5.41, 5.74) is 15.6. The highest BCUT2D eigenvalue weighted by atomic mass is 16.6. The summed E-state index contributed by atoms with van der Waals surface area (Å²) in [7, 11) is 0. The van der Waals surface area contributed by atoms with Crippen molar-refractivity contribution in [2.24, 2.45) is 11.5 Å². The van der Waals surface area contributed by atoms with Crippen LogP contribution in [-0.4, -0.2) is 92.1 Å². The van der Waals surface area contributed by atoms with Gasteiger partial charge in [-0.15, -0.1) is 0 Å². The smallest absolute Gasteiger partial charge is 0.407 e. The number of hydrogen-bond acceptors (Lipinski definition) is 10. The number of ether oxygens (including phenoxy) is 2. The number of carbonyl (C=O) groups is 4. The summed E-state index contributed by atoms with van der Waals surface area (Å²) < 4.78 is 10.8. The van der Waals surface area contributed by atoms with Gasteiger partial charge in [0.25, 0.3) is 0 Å². The van der Waals surface area contributed by atoms with Crippen LogP contribution in [-0.2, 0) is 44.7 Å². The van der Waals surface area contributed by atoms with Crippen molar-refractivity contribution in [2.45, 2.75) is 140 Å². The Morgan fingerprint density at radius 3 is 0.969 bits per heavy atom. The molecule has 1 unspecified atom stereocenters. The van der Waals surface area contributed by atoms with Crippen LogP contribution in [0, 0.1) is 0 Å². The first-order valence-electron chi connectivity index (χ1n) is 21.5. The Bertz CT molecular complexity index is 1780. The van der Waals surface area contributed by atoms with Gasteiger partial charge in [-0.2, -0.15) is 0 Å². The van der Waals surface area contributed by atoms with E-state index in [4.69, 9.17) is 31.2 Å². The molecule has 0 aliphatic rings. The van der Waals surface area contributed by atoms with Gasteiger partial charge in [0.05, 0.1) is 25.0 Å². The van der Waals surface area contributed by atoms with Crippen LogP contribution in [0.3, 0.4) is 0 Å². The minimum absolute atomic E-state index is 0.283. The van der Waals surface area contributed by atoms with E-state index in [9.17, 15) is 29.4 Å². The Kier molecular flexibility index (Phi) is 23.8. The van der Waals surface area contributed by atoms with Crippen molar-refractivity contribution in [3.8, 4) is 0 Å². The number of rotatable bonds is 19. The standard InChI is InChI=1S/2C23H32N2O3.C4H6O4/c2*1-23(2,3)28-22(27)25-19(14-17-10-6-4-7-11-17)16-21(26)20(24)15-18-12-8-5-9-13-18;5-3(6)1-2-4(7)8/h2*4-13,19-21,26H,14-16,24H2,1-3H3,(H,25,27);1-2H2,(H,5,6)(H,7,8)/t19-,20-,21?;19-,20-,21-;/m00./s1. The van der Waals surface area contributed by atoms with Gasteiger partial charge in [0, 0.05) is 24.2 Å². The maximum atomic E-state index is 12.3. The second kappa shape index (κ2) is 28.1. The number of hydrogen-bond donors (Lipinski definition) is 8. The molecular weight excluding hydrogens is 817 g/mol. The lowest BCUT2D eigenvalue weighted by Gasteiger charge is -2.27. The minimum Gasteiger partial charge on any atom is -0.481 e. The molecule has 0 aliphatic heterocycles. The number of carboxylic acid groups (broad SMARTS) is 2. The number of alkyl carbamates (subject to hydrolysis) is 2. The summed E-state index contributed by atoms with van der Waals surface area (Å²) in [6, 6.07) is 38.0. The molecule has 4 aromatic carbocycles. The fourth-order valence-electron chi connectivity index (χ4n) is 6.32. The van der Waals surface area contributed by atoms with Crippen molar-refractivity contribution in [1.29, 1.82) is 0 Å².